The van der Waals surface area contributed by atoms with Crippen molar-refractivity contribution in [2.75, 3.05) is 19.1 Å². The summed E-state index contributed by atoms with van der Waals surface area (Å²) in [6, 6.07) is 0. The molecule has 0 saturated heterocycles. The summed E-state index contributed by atoms with van der Waals surface area (Å²) in [4.78, 5) is 21.0. The molecule has 0 atom stereocenters. The van der Waals surface area contributed by atoms with Crippen molar-refractivity contribution < 1.29 is 19.1 Å². The lowest BCUT2D eigenvalue weighted by Gasteiger charge is -2.00. The van der Waals surface area contributed by atoms with E-state index in [4.69, 9.17) is 11.6 Å². The van der Waals surface area contributed by atoms with Gasteiger partial charge in [-0.05, 0) is 6.92 Å². The van der Waals surface area contributed by atoms with Crippen LogP contribution < -0.4 is 0 Å². The fourth-order valence-electron chi connectivity index (χ4n) is 0.380. The molecule has 0 spiro atoms. The molecule has 0 unspecified atom stereocenters. The van der Waals surface area contributed by atoms with Gasteiger partial charge >= 0.3 is 11.9 Å². The summed E-state index contributed by atoms with van der Waals surface area (Å²) in [6.45, 7) is 1.79. The van der Waals surface area contributed by atoms with E-state index in [1.165, 1.54) is 0 Å². The van der Waals surface area contributed by atoms with Crippen molar-refractivity contribution in [1.29, 1.82) is 0 Å². The number of hydrogen-bond acceptors (Lipinski definition) is 4. The van der Waals surface area contributed by atoms with Gasteiger partial charge in [0.15, 0.2) is 0 Å². The van der Waals surface area contributed by atoms with Gasteiger partial charge in [-0.1, -0.05) is 0 Å². The van der Waals surface area contributed by atoms with Gasteiger partial charge in [0.25, 0.3) is 0 Å². The summed E-state index contributed by atoms with van der Waals surface area (Å²) in [7, 11) is 0. The van der Waals surface area contributed by atoms with Crippen LogP contribution in [-0.4, -0.2) is 31.0 Å². The summed E-state index contributed by atoms with van der Waals surface area (Å²) >= 11 is 5.20. The quantitative estimate of drug-likeness (QED) is 0.357. The lowest BCUT2D eigenvalue weighted by atomic mass is 10.6. The van der Waals surface area contributed by atoms with E-state index >= 15 is 0 Å². The first-order chi connectivity index (χ1) is 5.22. The maximum absolute atomic E-state index is 10.5. The van der Waals surface area contributed by atoms with E-state index in [-0.39, 0.29) is 19.1 Å². The molecule has 0 aromatic heterocycles. The van der Waals surface area contributed by atoms with Gasteiger partial charge in [-0.15, -0.1) is 11.6 Å². The third kappa shape index (κ3) is 4.61. The van der Waals surface area contributed by atoms with Crippen molar-refractivity contribution in [2.45, 2.75) is 6.92 Å². The maximum atomic E-state index is 10.5. The number of rotatable bonds is 3. The molecule has 0 saturated carbocycles. The highest BCUT2D eigenvalue weighted by Crippen LogP contribution is 1.85. The molecule has 0 aliphatic heterocycles. The number of carbonyl (C=O) groups excluding carboxylic acids is 2. The zero-order valence-corrected chi connectivity index (χ0v) is 6.89. The van der Waals surface area contributed by atoms with Crippen LogP contribution >= 0.6 is 11.6 Å². The van der Waals surface area contributed by atoms with E-state index in [0.29, 0.717) is 0 Å². The topological polar surface area (TPSA) is 52.6 Å². The van der Waals surface area contributed by atoms with Crippen LogP contribution in [0, 0.1) is 0 Å². The number of ether oxygens (including phenoxy) is 2. The van der Waals surface area contributed by atoms with Crippen LogP contribution in [0.15, 0.2) is 0 Å². The Labute approximate surface area is 69.4 Å². The van der Waals surface area contributed by atoms with Crippen LogP contribution in [0.4, 0.5) is 0 Å². The van der Waals surface area contributed by atoms with Gasteiger partial charge in [0, 0.05) is 0 Å². The number of hydrogen-bond donors (Lipinski definition) is 0. The fourth-order valence-corrected chi connectivity index (χ4v) is 0.457. The Kier molecular flexibility index (Phi) is 5.56. The van der Waals surface area contributed by atoms with Crippen LogP contribution in [-0.2, 0) is 19.1 Å². The van der Waals surface area contributed by atoms with E-state index in [2.05, 4.69) is 9.47 Å². The second-order valence-corrected chi connectivity index (χ2v) is 1.92. The van der Waals surface area contributed by atoms with Gasteiger partial charge in [-0.3, -0.25) is 0 Å². The minimum Gasteiger partial charge on any atom is -0.458 e. The van der Waals surface area contributed by atoms with E-state index < -0.39 is 11.9 Å². The molecule has 0 aromatic carbocycles. The molecule has 4 nitrogen and oxygen atoms in total. The minimum absolute atomic E-state index is 0.0270. The van der Waals surface area contributed by atoms with Crippen molar-refractivity contribution in [3.63, 3.8) is 0 Å². The van der Waals surface area contributed by atoms with Crippen molar-refractivity contribution in [3.05, 3.63) is 0 Å². The molecule has 0 aromatic rings. The minimum atomic E-state index is -0.993. The lowest BCUT2D eigenvalue weighted by Crippen LogP contribution is -2.20. The van der Waals surface area contributed by atoms with Crippen molar-refractivity contribution in [3.8, 4) is 0 Å². The van der Waals surface area contributed by atoms with E-state index in [1.807, 2.05) is 0 Å². The van der Waals surface area contributed by atoms with Gasteiger partial charge < -0.3 is 9.47 Å². The van der Waals surface area contributed by atoms with Gasteiger partial charge in [0.1, 0.15) is 6.61 Å². The molecular formula is C6H9ClO4. The van der Waals surface area contributed by atoms with Crippen molar-refractivity contribution in [2.24, 2.45) is 0 Å². The molecule has 0 aliphatic rings. The molecule has 11 heavy (non-hydrogen) atoms. The number of halogens is 1. The first-order valence-electron chi connectivity index (χ1n) is 3.12. The van der Waals surface area contributed by atoms with Gasteiger partial charge in [0.05, 0.1) is 12.5 Å². The zero-order chi connectivity index (χ0) is 8.69. The first-order valence-corrected chi connectivity index (χ1v) is 3.65. The molecule has 0 fully saturated rings. The van der Waals surface area contributed by atoms with Crippen molar-refractivity contribution in [1.82, 2.24) is 0 Å². The third-order valence-electron chi connectivity index (χ3n) is 0.752. The normalized spacial score (nSPS) is 8.91. The first kappa shape index (κ1) is 10.2. The molecular weight excluding hydrogens is 172 g/mol. The highest BCUT2D eigenvalue weighted by atomic mass is 35.5. The highest BCUT2D eigenvalue weighted by molar-refractivity contribution is 6.29. The SMILES string of the molecule is CCOC(=O)C(=O)OCCCl. The largest absolute Gasteiger partial charge is 0.458 e. The summed E-state index contributed by atoms with van der Waals surface area (Å²) in [5.41, 5.74) is 0. The monoisotopic (exact) mass is 180 g/mol. The van der Waals surface area contributed by atoms with Gasteiger partial charge in [-0.25, -0.2) is 9.59 Å². The molecule has 0 aliphatic carbocycles. The van der Waals surface area contributed by atoms with E-state index in [9.17, 15) is 9.59 Å². The average molecular weight is 181 g/mol. The molecule has 0 heterocycles. The molecule has 0 rings (SSSR count). The second-order valence-electron chi connectivity index (χ2n) is 1.55. The van der Waals surface area contributed by atoms with Crippen LogP contribution in [0.3, 0.4) is 0 Å². The maximum Gasteiger partial charge on any atom is 0.417 e. The Morgan fingerprint density at radius 1 is 1.27 bits per heavy atom. The van der Waals surface area contributed by atoms with Crippen LogP contribution in [0.2, 0.25) is 0 Å². The Morgan fingerprint density at radius 3 is 2.27 bits per heavy atom. The predicted octanol–water partition coefficient (Wildman–Crippen LogP) is 0.331. The second kappa shape index (κ2) is 5.97. The predicted molar refractivity (Wildman–Crippen MR) is 38.3 cm³/mol. The standard InChI is InChI=1S/C6H9ClO4/c1-2-10-5(8)6(9)11-4-3-7/h2-4H2,1H3. The van der Waals surface area contributed by atoms with Gasteiger partial charge in [-0.2, -0.15) is 0 Å². The molecule has 0 radical (unpaired) electrons. The van der Waals surface area contributed by atoms with Crippen LogP contribution in [0.1, 0.15) is 6.92 Å². The Hall–Kier alpha value is -0.770. The molecule has 64 valence electrons. The number of esters is 2. The molecule has 5 heteroatoms. The number of carbonyl (C=O) groups is 2. The zero-order valence-electron chi connectivity index (χ0n) is 6.13. The Balaban J connectivity index is 3.56. The summed E-state index contributed by atoms with van der Waals surface area (Å²) in [6.07, 6.45) is 0. The van der Waals surface area contributed by atoms with Crippen LogP contribution in [0.25, 0.3) is 0 Å². The average Bonchev–Trinajstić information content (AvgIpc) is 2.00. The number of alkyl halides is 1. The fraction of sp³-hybridized carbons (Fsp3) is 0.667. The Bertz CT molecular complexity index is 146. The van der Waals surface area contributed by atoms with Crippen molar-refractivity contribution >= 4 is 23.5 Å². The lowest BCUT2D eigenvalue weighted by molar-refractivity contribution is -0.167. The third-order valence-corrected chi connectivity index (χ3v) is 0.907. The summed E-state index contributed by atoms with van der Waals surface area (Å²) in [5, 5.41) is 0. The molecule has 0 bridgehead atoms. The van der Waals surface area contributed by atoms with E-state index in [1.54, 1.807) is 6.92 Å². The van der Waals surface area contributed by atoms with E-state index in [0.717, 1.165) is 0 Å². The summed E-state index contributed by atoms with van der Waals surface area (Å²) < 4.78 is 8.70. The Morgan fingerprint density at radius 2 is 1.82 bits per heavy atom. The molecule has 0 N–H and O–H groups in total. The summed E-state index contributed by atoms with van der Waals surface area (Å²) in [5.74, 6) is -1.80. The van der Waals surface area contributed by atoms with Gasteiger partial charge in [0.2, 0.25) is 0 Å². The molecule has 0 amide bonds. The van der Waals surface area contributed by atoms with Crippen LogP contribution in [0.5, 0.6) is 0 Å². The smallest absolute Gasteiger partial charge is 0.417 e. The highest BCUT2D eigenvalue weighted by Gasteiger charge is 2.15.